The monoisotopic (exact) mass is 406 g/mol. The number of anilines is 2. The standard InChI is InChI=1S/C16H12F6N4O2/c17-8-5-6-10(14(19)13(8)18)25-12(27)7-24-15(23)26-9-3-1-2-4-11(9)28-16(20,21)22/h1-6H,7H2,(H,25,27)(H3,23,24,26). The highest BCUT2D eigenvalue weighted by Crippen LogP contribution is 2.29. The number of carbonyl (C=O) groups is 1. The van der Waals surface area contributed by atoms with Gasteiger partial charge in [0.1, 0.15) is 6.54 Å². The maximum Gasteiger partial charge on any atom is 0.573 e. The molecule has 4 N–H and O–H groups in total. The van der Waals surface area contributed by atoms with E-state index in [2.05, 4.69) is 15.0 Å². The number of hydrogen-bond acceptors (Lipinski definition) is 3. The number of nitrogens with zero attached hydrogens (tertiary/aromatic N) is 1. The number of ether oxygens (including phenoxy) is 1. The summed E-state index contributed by atoms with van der Waals surface area (Å²) in [5.74, 6) is -6.75. The first kappa shape index (κ1) is 20.9. The fraction of sp³-hybridized carbons (Fsp3) is 0.125. The molecule has 0 aliphatic rings. The minimum absolute atomic E-state index is 0.173. The lowest BCUT2D eigenvalue weighted by molar-refractivity contribution is -0.274. The smallest absolute Gasteiger partial charge is 0.404 e. The minimum atomic E-state index is -4.93. The summed E-state index contributed by atoms with van der Waals surface area (Å²) in [5, 5.41) is 4.27. The van der Waals surface area contributed by atoms with E-state index in [1.807, 2.05) is 5.32 Å². The quantitative estimate of drug-likeness (QED) is 0.308. The summed E-state index contributed by atoms with van der Waals surface area (Å²) in [6.45, 7) is -0.681. The molecule has 2 aromatic rings. The summed E-state index contributed by atoms with van der Waals surface area (Å²) in [6, 6.07) is 6.37. The van der Waals surface area contributed by atoms with Crippen molar-refractivity contribution in [3.8, 4) is 5.75 Å². The molecular formula is C16H12F6N4O2. The van der Waals surface area contributed by atoms with Gasteiger partial charge in [-0.05, 0) is 24.3 Å². The molecule has 6 nitrogen and oxygen atoms in total. The van der Waals surface area contributed by atoms with E-state index in [0.717, 1.165) is 12.1 Å². The highest BCUT2D eigenvalue weighted by Gasteiger charge is 2.32. The number of alkyl halides is 3. The number of amides is 1. The Bertz CT molecular complexity index is 901. The molecular weight excluding hydrogens is 394 g/mol. The van der Waals surface area contributed by atoms with Gasteiger partial charge in [-0.3, -0.25) is 4.79 Å². The van der Waals surface area contributed by atoms with Gasteiger partial charge in [0, 0.05) is 0 Å². The first-order chi connectivity index (χ1) is 13.1. The summed E-state index contributed by atoms with van der Waals surface area (Å²) in [7, 11) is 0. The third-order valence-electron chi connectivity index (χ3n) is 3.08. The Hall–Kier alpha value is -3.44. The van der Waals surface area contributed by atoms with Gasteiger partial charge in [0.15, 0.2) is 29.2 Å². The van der Waals surface area contributed by atoms with Gasteiger partial charge in [0.2, 0.25) is 5.91 Å². The van der Waals surface area contributed by atoms with Gasteiger partial charge in [-0.2, -0.15) is 0 Å². The highest BCUT2D eigenvalue weighted by atomic mass is 19.4. The van der Waals surface area contributed by atoms with Crippen molar-refractivity contribution in [2.75, 3.05) is 17.2 Å². The van der Waals surface area contributed by atoms with Gasteiger partial charge in [0.05, 0.1) is 11.4 Å². The number of carbonyl (C=O) groups excluding carboxylic acids is 1. The van der Waals surface area contributed by atoms with E-state index in [1.165, 1.54) is 18.2 Å². The Morgan fingerprint density at radius 1 is 1.00 bits per heavy atom. The zero-order chi connectivity index (χ0) is 20.9. The largest absolute Gasteiger partial charge is 0.573 e. The molecule has 0 saturated carbocycles. The molecule has 0 aromatic heterocycles. The Balaban J connectivity index is 2.02. The van der Waals surface area contributed by atoms with Crippen molar-refractivity contribution in [2.24, 2.45) is 10.7 Å². The van der Waals surface area contributed by atoms with Gasteiger partial charge < -0.3 is 21.1 Å². The van der Waals surface area contributed by atoms with Crippen molar-refractivity contribution < 1.29 is 35.9 Å². The molecule has 0 heterocycles. The third kappa shape index (κ3) is 5.79. The molecule has 0 aliphatic carbocycles. The van der Waals surface area contributed by atoms with E-state index < -0.39 is 53.7 Å². The molecule has 28 heavy (non-hydrogen) atoms. The maximum atomic E-state index is 13.5. The van der Waals surface area contributed by atoms with Crippen LogP contribution in [0.15, 0.2) is 41.4 Å². The van der Waals surface area contributed by atoms with Crippen LogP contribution in [0.3, 0.4) is 0 Å². The Labute approximate surface area is 154 Å². The number of halogens is 6. The molecule has 0 fully saturated rings. The molecule has 1 amide bonds. The van der Waals surface area contributed by atoms with Crippen LogP contribution >= 0.6 is 0 Å². The Morgan fingerprint density at radius 3 is 2.36 bits per heavy atom. The van der Waals surface area contributed by atoms with Crippen molar-refractivity contribution in [2.45, 2.75) is 6.36 Å². The van der Waals surface area contributed by atoms with Crippen molar-refractivity contribution in [1.29, 1.82) is 0 Å². The van der Waals surface area contributed by atoms with E-state index in [-0.39, 0.29) is 5.69 Å². The second kappa shape index (κ2) is 8.50. The molecule has 0 radical (unpaired) electrons. The van der Waals surface area contributed by atoms with E-state index >= 15 is 0 Å². The fourth-order valence-corrected chi connectivity index (χ4v) is 1.93. The fourth-order valence-electron chi connectivity index (χ4n) is 1.93. The molecule has 0 unspecified atom stereocenters. The van der Waals surface area contributed by atoms with E-state index in [1.54, 1.807) is 0 Å². The number of guanidine groups is 1. The number of benzene rings is 2. The normalized spacial score (nSPS) is 11.9. The van der Waals surface area contributed by atoms with Crippen LogP contribution in [0.5, 0.6) is 5.75 Å². The average molecular weight is 406 g/mol. The van der Waals surface area contributed by atoms with Crippen LogP contribution in [0.1, 0.15) is 0 Å². The molecule has 2 aromatic carbocycles. The second-order valence-corrected chi connectivity index (χ2v) is 5.14. The minimum Gasteiger partial charge on any atom is -0.404 e. The van der Waals surface area contributed by atoms with Gasteiger partial charge >= 0.3 is 6.36 Å². The van der Waals surface area contributed by atoms with Gasteiger partial charge in [-0.15, -0.1) is 13.2 Å². The summed E-state index contributed by atoms with van der Waals surface area (Å²) >= 11 is 0. The van der Waals surface area contributed by atoms with Crippen LogP contribution in [0.4, 0.5) is 37.7 Å². The SMILES string of the molecule is NC(=NCC(=O)Nc1ccc(F)c(F)c1F)Nc1ccccc1OC(F)(F)F. The first-order valence-corrected chi connectivity index (χ1v) is 7.42. The lowest BCUT2D eigenvalue weighted by Crippen LogP contribution is -2.26. The summed E-state index contributed by atoms with van der Waals surface area (Å²) in [4.78, 5) is 15.3. The summed E-state index contributed by atoms with van der Waals surface area (Å²) in [6.07, 6.45) is -4.93. The second-order valence-electron chi connectivity index (χ2n) is 5.14. The van der Waals surface area contributed by atoms with Crippen LogP contribution < -0.4 is 21.1 Å². The predicted molar refractivity (Wildman–Crippen MR) is 88.2 cm³/mol. The van der Waals surface area contributed by atoms with Gasteiger partial charge in [-0.25, -0.2) is 18.2 Å². The molecule has 0 aliphatic heterocycles. The van der Waals surface area contributed by atoms with E-state index in [4.69, 9.17) is 5.73 Å². The number of nitrogens with two attached hydrogens (primary N) is 1. The van der Waals surface area contributed by atoms with Crippen LogP contribution in [0, 0.1) is 17.5 Å². The zero-order valence-corrected chi connectivity index (χ0v) is 13.8. The molecule has 2 rings (SSSR count). The average Bonchev–Trinajstić information content (AvgIpc) is 2.61. The van der Waals surface area contributed by atoms with Crippen LogP contribution in [-0.2, 0) is 4.79 Å². The van der Waals surface area contributed by atoms with Crippen molar-refractivity contribution in [1.82, 2.24) is 0 Å². The van der Waals surface area contributed by atoms with Gasteiger partial charge in [0.25, 0.3) is 0 Å². The van der Waals surface area contributed by atoms with Crippen molar-refractivity contribution >= 4 is 23.2 Å². The van der Waals surface area contributed by atoms with Crippen LogP contribution in [-0.4, -0.2) is 24.8 Å². The highest BCUT2D eigenvalue weighted by molar-refractivity contribution is 5.97. The predicted octanol–water partition coefficient (Wildman–Crippen LogP) is 3.37. The first-order valence-electron chi connectivity index (χ1n) is 7.42. The number of rotatable bonds is 5. The van der Waals surface area contributed by atoms with E-state index in [9.17, 15) is 31.1 Å². The van der Waals surface area contributed by atoms with Crippen LogP contribution in [0.2, 0.25) is 0 Å². The number of aliphatic imine (C=N–C) groups is 1. The third-order valence-corrected chi connectivity index (χ3v) is 3.08. The number of hydrogen-bond donors (Lipinski definition) is 3. The molecule has 150 valence electrons. The van der Waals surface area contributed by atoms with Gasteiger partial charge in [-0.1, -0.05) is 12.1 Å². The Kier molecular flexibility index (Phi) is 6.33. The topological polar surface area (TPSA) is 88.7 Å². The summed E-state index contributed by atoms with van der Waals surface area (Å²) in [5.41, 5.74) is 4.70. The maximum absolute atomic E-state index is 13.5. The van der Waals surface area contributed by atoms with E-state index in [0.29, 0.717) is 6.07 Å². The van der Waals surface area contributed by atoms with Crippen molar-refractivity contribution in [3.63, 3.8) is 0 Å². The molecule has 0 bridgehead atoms. The molecule has 0 atom stereocenters. The summed E-state index contributed by atoms with van der Waals surface area (Å²) < 4.78 is 80.3. The van der Waals surface area contributed by atoms with Crippen LogP contribution in [0.25, 0.3) is 0 Å². The molecule has 0 spiro atoms. The van der Waals surface area contributed by atoms with Crippen molar-refractivity contribution in [3.05, 3.63) is 53.8 Å². The number of nitrogens with one attached hydrogen (secondary N) is 2. The molecule has 12 heteroatoms. The Morgan fingerprint density at radius 2 is 1.68 bits per heavy atom. The lowest BCUT2D eigenvalue weighted by Gasteiger charge is -2.14. The molecule has 0 saturated heterocycles. The zero-order valence-electron chi connectivity index (χ0n) is 13.8. The number of para-hydroxylation sites is 2. The lowest BCUT2D eigenvalue weighted by atomic mass is 10.2.